The molecule has 0 aliphatic heterocycles. The number of hydrogen-bond donors (Lipinski definition) is 2. The zero-order chi connectivity index (χ0) is 19.4. The van der Waals surface area contributed by atoms with E-state index in [1.165, 1.54) is 23.1 Å². The minimum atomic E-state index is -0.296. The number of aromatic amines is 2. The zero-order valence-corrected chi connectivity index (χ0v) is 16.6. The van der Waals surface area contributed by atoms with Crippen LogP contribution in [0.1, 0.15) is 16.3 Å². The van der Waals surface area contributed by atoms with Crippen molar-refractivity contribution in [2.75, 3.05) is 0 Å². The molecule has 0 aliphatic rings. The molecule has 0 atom stereocenters. The van der Waals surface area contributed by atoms with E-state index in [1.807, 2.05) is 38.1 Å². The maximum Gasteiger partial charge on any atom is 0.294 e. The molecular formula is C18H14N6O2S2. The van der Waals surface area contributed by atoms with Gasteiger partial charge in [-0.25, -0.2) is 4.98 Å². The maximum atomic E-state index is 12.5. The van der Waals surface area contributed by atoms with Crippen molar-refractivity contribution in [1.29, 1.82) is 0 Å². The second-order valence-corrected chi connectivity index (χ2v) is 8.52. The third-order valence-corrected chi connectivity index (χ3v) is 6.70. The molecule has 0 unspecified atom stereocenters. The summed E-state index contributed by atoms with van der Waals surface area (Å²) >= 11 is 2.89. The predicted octanol–water partition coefficient (Wildman–Crippen LogP) is 2.78. The van der Waals surface area contributed by atoms with E-state index < -0.39 is 0 Å². The number of aromatic nitrogens is 6. The van der Waals surface area contributed by atoms with E-state index in [4.69, 9.17) is 0 Å². The molecule has 0 aliphatic carbocycles. The lowest BCUT2D eigenvalue weighted by Crippen LogP contribution is -2.12. The van der Waals surface area contributed by atoms with Gasteiger partial charge in [0.25, 0.3) is 11.1 Å². The molecule has 8 nitrogen and oxygen atoms in total. The van der Waals surface area contributed by atoms with Crippen molar-refractivity contribution in [3.8, 4) is 0 Å². The Balaban J connectivity index is 1.57. The molecule has 4 heterocycles. The van der Waals surface area contributed by atoms with Crippen molar-refractivity contribution < 1.29 is 0 Å². The van der Waals surface area contributed by atoms with E-state index in [0.29, 0.717) is 27.6 Å². The van der Waals surface area contributed by atoms with Gasteiger partial charge in [0.05, 0.1) is 22.2 Å². The third-order valence-electron chi connectivity index (χ3n) is 4.66. The van der Waals surface area contributed by atoms with E-state index in [0.717, 1.165) is 20.8 Å². The van der Waals surface area contributed by atoms with Gasteiger partial charge in [-0.1, -0.05) is 23.9 Å². The number of H-pyrrole nitrogens is 2. The number of para-hydroxylation sites is 2. The van der Waals surface area contributed by atoms with Crippen LogP contribution in [0.5, 0.6) is 0 Å². The van der Waals surface area contributed by atoms with Crippen LogP contribution < -0.4 is 11.1 Å². The summed E-state index contributed by atoms with van der Waals surface area (Å²) in [6.07, 6.45) is 0. The minimum absolute atomic E-state index is 0.129. The first-order chi connectivity index (χ1) is 13.5. The van der Waals surface area contributed by atoms with Gasteiger partial charge in [0.1, 0.15) is 10.7 Å². The highest BCUT2D eigenvalue weighted by molar-refractivity contribution is 7.98. The monoisotopic (exact) mass is 410 g/mol. The van der Waals surface area contributed by atoms with Crippen LogP contribution in [0.2, 0.25) is 0 Å². The van der Waals surface area contributed by atoms with Crippen LogP contribution in [-0.4, -0.2) is 29.5 Å². The number of nitrogens with one attached hydrogen (secondary N) is 2. The summed E-state index contributed by atoms with van der Waals surface area (Å²) in [4.78, 5) is 36.8. The Morgan fingerprint density at radius 3 is 2.79 bits per heavy atom. The first kappa shape index (κ1) is 17.1. The molecule has 0 saturated carbocycles. The molecule has 4 aromatic heterocycles. The van der Waals surface area contributed by atoms with E-state index in [1.54, 1.807) is 4.40 Å². The number of benzene rings is 1. The van der Waals surface area contributed by atoms with E-state index in [9.17, 15) is 9.59 Å². The molecule has 0 bridgehead atoms. The van der Waals surface area contributed by atoms with E-state index in [2.05, 4.69) is 25.1 Å². The summed E-state index contributed by atoms with van der Waals surface area (Å²) in [7, 11) is 0. The fourth-order valence-corrected chi connectivity index (χ4v) is 5.04. The number of thiophene rings is 1. The predicted molar refractivity (Wildman–Crippen MR) is 110 cm³/mol. The van der Waals surface area contributed by atoms with Gasteiger partial charge in [-0.15, -0.1) is 21.5 Å². The maximum absolute atomic E-state index is 12.5. The number of rotatable bonds is 3. The summed E-state index contributed by atoms with van der Waals surface area (Å²) in [5.41, 5.74) is 2.31. The molecule has 0 fully saturated rings. The minimum Gasteiger partial charge on any atom is -0.317 e. The molecule has 5 aromatic rings. The van der Waals surface area contributed by atoms with Gasteiger partial charge in [-0.3, -0.25) is 14.0 Å². The van der Waals surface area contributed by atoms with Gasteiger partial charge in [0.2, 0.25) is 5.65 Å². The van der Waals surface area contributed by atoms with Crippen molar-refractivity contribution in [2.24, 2.45) is 0 Å². The summed E-state index contributed by atoms with van der Waals surface area (Å²) in [5.74, 6) is 0.970. The molecule has 0 amide bonds. The van der Waals surface area contributed by atoms with Crippen molar-refractivity contribution in [3.05, 3.63) is 61.2 Å². The SMILES string of the molecule is Cc1sc2nc(CSc3nnc4c(=O)[nH]c5ccccc5n34)[nH]c(=O)c2c1C. The molecule has 140 valence electrons. The molecule has 5 rings (SSSR count). The topological polar surface area (TPSA) is 109 Å². The lowest BCUT2D eigenvalue weighted by Gasteiger charge is -2.04. The lowest BCUT2D eigenvalue weighted by molar-refractivity contribution is 0.933. The first-order valence-electron chi connectivity index (χ1n) is 8.51. The summed E-state index contributed by atoms with van der Waals surface area (Å²) < 4.78 is 1.73. The Bertz CT molecular complexity index is 1490. The van der Waals surface area contributed by atoms with Crippen molar-refractivity contribution >= 4 is 50.0 Å². The Morgan fingerprint density at radius 2 is 1.93 bits per heavy atom. The number of thioether (sulfide) groups is 1. The normalized spacial score (nSPS) is 11.8. The van der Waals surface area contributed by atoms with Crippen LogP contribution in [0, 0.1) is 13.8 Å². The molecule has 0 spiro atoms. The summed E-state index contributed by atoms with van der Waals surface area (Å²) in [6.45, 7) is 3.92. The van der Waals surface area contributed by atoms with Crippen LogP contribution in [0.15, 0.2) is 39.0 Å². The second-order valence-electron chi connectivity index (χ2n) is 6.38. The largest absolute Gasteiger partial charge is 0.317 e. The Morgan fingerprint density at radius 1 is 1.11 bits per heavy atom. The number of nitrogens with zero attached hydrogens (tertiary/aromatic N) is 4. The van der Waals surface area contributed by atoms with Crippen molar-refractivity contribution in [2.45, 2.75) is 24.8 Å². The van der Waals surface area contributed by atoms with Gasteiger partial charge in [-0.2, -0.15) is 0 Å². The Kier molecular flexibility index (Phi) is 3.84. The van der Waals surface area contributed by atoms with Crippen LogP contribution in [0.3, 0.4) is 0 Å². The molecular weight excluding hydrogens is 396 g/mol. The average molecular weight is 410 g/mol. The zero-order valence-electron chi connectivity index (χ0n) is 14.9. The molecule has 28 heavy (non-hydrogen) atoms. The average Bonchev–Trinajstić information content (AvgIpc) is 3.22. The number of hydrogen-bond acceptors (Lipinski definition) is 7. The highest BCUT2D eigenvalue weighted by Crippen LogP contribution is 2.27. The van der Waals surface area contributed by atoms with Gasteiger partial charge in [0, 0.05) is 4.88 Å². The van der Waals surface area contributed by atoms with E-state index >= 15 is 0 Å². The van der Waals surface area contributed by atoms with Gasteiger partial charge in [0.15, 0.2) is 5.16 Å². The van der Waals surface area contributed by atoms with Gasteiger partial charge >= 0.3 is 0 Å². The molecule has 0 saturated heterocycles. The van der Waals surface area contributed by atoms with Crippen LogP contribution in [-0.2, 0) is 5.75 Å². The first-order valence-corrected chi connectivity index (χ1v) is 10.3. The smallest absolute Gasteiger partial charge is 0.294 e. The second kappa shape index (κ2) is 6.28. The fourth-order valence-electron chi connectivity index (χ4n) is 3.18. The number of fused-ring (bicyclic) bond motifs is 4. The van der Waals surface area contributed by atoms with E-state index in [-0.39, 0.29) is 16.8 Å². The van der Waals surface area contributed by atoms with Crippen LogP contribution >= 0.6 is 23.1 Å². The lowest BCUT2D eigenvalue weighted by atomic mass is 10.2. The number of aryl methyl sites for hydroxylation is 2. The highest BCUT2D eigenvalue weighted by atomic mass is 32.2. The fraction of sp³-hybridized carbons (Fsp3) is 0.167. The summed E-state index contributed by atoms with van der Waals surface area (Å²) in [5, 5.41) is 9.41. The standard InChI is InChI=1S/C18H14N6O2S2/c1-8-9(2)28-17-13(8)15(25)20-12(21-17)7-27-18-23-22-14-16(26)19-10-5-3-4-6-11(10)24(14)18/h3-6H,7H2,1-2H3,(H,19,26)(H,20,21,25). The Hall–Kier alpha value is -2.98. The molecule has 2 N–H and O–H groups in total. The highest BCUT2D eigenvalue weighted by Gasteiger charge is 2.15. The molecule has 10 heteroatoms. The van der Waals surface area contributed by atoms with Crippen molar-refractivity contribution in [3.63, 3.8) is 0 Å². The van der Waals surface area contributed by atoms with Crippen LogP contribution in [0.25, 0.3) is 26.9 Å². The quantitative estimate of drug-likeness (QED) is 0.443. The van der Waals surface area contributed by atoms with Crippen LogP contribution in [0.4, 0.5) is 0 Å². The Labute approximate surface area is 165 Å². The molecule has 0 radical (unpaired) electrons. The third kappa shape index (κ3) is 2.56. The van der Waals surface area contributed by atoms with Crippen molar-refractivity contribution in [1.82, 2.24) is 29.5 Å². The van der Waals surface area contributed by atoms with Gasteiger partial charge in [-0.05, 0) is 31.5 Å². The van der Waals surface area contributed by atoms with Gasteiger partial charge < -0.3 is 9.97 Å². The molecule has 1 aromatic carbocycles. The summed E-state index contributed by atoms with van der Waals surface area (Å²) in [6, 6.07) is 7.48.